The Hall–Kier alpha value is -5.78. The number of hydrogen-bond donors (Lipinski definition) is 3. The fourth-order valence-electron chi connectivity index (χ4n) is 7.83. The number of amides is 3. The second-order valence-electron chi connectivity index (χ2n) is 18.2. The summed E-state index contributed by atoms with van der Waals surface area (Å²) in [4.78, 5) is 110. The maximum absolute atomic E-state index is 12.8. The zero-order chi connectivity index (χ0) is 74.7. The first-order valence-electron chi connectivity index (χ1n) is 30.5. The van der Waals surface area contributed by atoms with Crippen LogP contribution in [0.15, 0.2) is 105 Å². The largest absolute Gasteiger partial charge is 0.488 e. The summed E-state index contributed by atoms with van der Waals surface area (Å²) in [6.45, 7) is 12.7. The molecule has 0 saturated carbocycles. The first-order chi connectivity index (χ1) is 48.9. The fourth-order valence-corrected chi connectivity index (χ4v) is 10.6. The predicted octanol–water partition coefficient (Wildman–Crippen LogP) is 8.26. The van der Waals surface area contributed by atoms with Gasteiger partial charge >= 0.3 is 53.4 Å². The van der Waals surface area contributed by atoms with Crippen LogP contribution in [0.1, 0.15) is 64.5 Å². The third-order valence-electron chi connectivity index (χ3n) is 11.9. The zero-order valence-corrected chi connectivity index (χ0v) is 79.4. The Morgan fingerprint density at radius 2 is 1.10 bits per heavy atom. The van der Waals surface area contributed by atoms with E-state index in [4.69, 9.17) is 65.8 Å². The molecule has 0 radical (unpaired) electrons. The first kappa shape index (κ1) is 92.3. The van der Waals surface area contributed by atoms with Crippen molar-refractivity contribution in [3.63, 3.8) is 0 Å². The number of anilines is 6. The summed E-state index contributed by atoms with van der Waals surface area (Å²) in [6, 6.07) is 9.40. The molecule has 0 spiro atoms. The average Bonchev–Trinajstić information content (AvgIpc) is 0.803. The van der Waals surface area contributed by atoms with E-state index in [-0.39, 0.29) is 266 Å². The minimum absolute atomic E-state index is 0. The molecule has 6 aromatic heterocycles. The van der Waals surface area contributed by atoms with Gasteiger partial charge in [0.15, 0.2) is 0 Å². The Morgan fingerprint density at radius 1 is 0.637 bits per heavy atom. The van der Waals surface area contributed by atoms with Crippen LogP contribution in [-0.4, -0.2) is 137 Å². The van der Waals surface area contributed by atoms with Crippen molar-refractivity contribution in [3.8, 4) is 35.3 Å². The smallest absolute Gasteiger partial charge is 0.416 e. The molecule has 0 saturated heterocycles. The van der Waals surface area contributed by atoms with Crippen molar-refractivity contribution >= 4 is 119 Å². The van der Waals surface area contributed by atoms with Crippen LogP contribution >= 0.6 is 0 Å². The van der Waals surface area contributed by atoms with Crippen LogP contribution < -0.4 is 60.3 Å². The number of ether oxygens (including phenoxy) is 9. The molecule has 0 atom stereocenters. The fraction of sp³-hybridized carbons (Fsp3) is 0.321. The van der Waals surface area contributed by atoms with Gasteiger partial charge in [0.25, 0.3) is 0 Å². The van der Waals surface area contributed by atoms with Crippen LogP contribution in [0.4, 0.5) is 66.4 Å². The number of nitrogens with two attached hydrogens (primary N) is 3. The quantitative estimate of drug-likeness (QED) is 0.0270. The molecule has 6 aromatic rings. The van der Waals surface area contributed by atoms with E-state index in [9.17, 15) is 44.7 Å². The van der Waals surface area contributed by atoms with Gasteiger partial charge in [-0.1, -0.05) is 43.0 Å². The van der Waals surface area contributed by atoms with Gasteiger partial charge in [-0.25, -0.2) is 29.1 Å². The minimum atomic E-state index is -0.897. The summed E-state index contributed by atoms with van der Waals surface area (Å²) in [6.07, 6.45) is 13.9. The number of carbonyl (C=O) groups is 3. The molecule has 6 N–H and O–H groups in total. The third-order valence-corrected chi connectivity index (χ3v) is 16.3. The van der Waals surface area contributed by atoms with Crippen LogP contribution in [0, 0.1) is 186 Å². The van der Waals surface area contributed by atoms with Gasteiger partial charge in [-0.15, -0.1) is 6.58 Å². The monoisotopic (exact) mass is 2640 g/mol. The van der Waals surface area contributed by atoms with Gasteiger partial charge in [0.1, 0.15) is 54.2 Å². The van der Waals surface area contributed by atoms with E-state index in [0.29, 0.717) is 53.6 Å². The van der Waals surface area contributed by atoms with E-state index >= 15 is 0 Å². The van der Waals surface area contributed by atoms with Crippen LogP contribution in [0.2, 0.25) is 0 Å². The van der Waals surface area contributed by atoms with Gasteiger partial charge in [0, 0.05) is 231 Å². The molecule has 8 heterocycles. The standard InChI is InChI=1S/C20H24N6O6.2C18H20N6O6.S5.5U.3H2/c1-4-7-12-32-19-23-17(21)16(26(28)29)18(24-19)25(20(27)30-6-3)13-14-15(31-11-5-2)9-8-10-22-14;2*1-2-28-18(25)23-11-12-13(7-6-8-20-12)29-9-4-3-5-10-30-17-21-15(19)14(24(26)27)16(23)22-17;1-3-5-4-2;;;;;;;;/h4-5,8-10H,1-2,6-7,11-13H2,3H3,(H2,21,23,24);2*3-4,6-8H,2,5,9-11H2,1H3,(H2,19,21,22);;;;;;;3*1H/b;4-3+;4-3-;;;;;;;;;/i;;;;;;;;;2*1+2T;1+2. The second-order valence-corrected chi connectivity index (χ2v) is 23.5. The molecule has 0 unspecified atom stereocenters. The van der Waals surface area contributed by atoms with Gasteiger partial charge in [-0.05, 0) is 76.4 Å². The summed E-state index contributed by atoms with van der Waals surface area (Å²) >= 11 is 8.89. The third kappa shape index (κ3) is 30.7. The van der Waals surface area contributed by atoms with Crippen molar-refractivity contribution in [2.45, 2.75) is 59.7 Å². The number of aromatic nitrogens is 9. The van der Waals surface area contributed by atoms with E-state index in [2.05, 4.69) is 80.4 Å². The first-order valence-corrected chi connectivity index (χ1v) is 33.8. The van der Waals surface area contributed by atoms with Gasteiger partial charge in [-0.2, -0.15) is 29.9 Å². The topological polar surface area (TPSA) is 467 Å². The van der Waals surface area contributed by atoms with Crippen LogP contribution in [0.5, 0.6) is 35.3 Å². The van der Waals surface area contributed by atoms with E-state index < -0.39 is 73.4 Å². The minimum Gasteiger partial charge on any atom is -0.488 e. The number of pyridine rings is 3. The van der Waals surface area contributed by atoms with Crippen molar-refractivity contribution in [1.29, 1.82) is 0 Å². The van der Waals surface area contributed by atoms with Gasteiger partial charge < -0.3 is 59.8 Å². The average molecular weight is 2640 g/mol. The molecular formula is C56H70N18O18S5U5. The Balaban J connectivity index is -0.000000685. The predicted molar refractivity (Wildman–Crippen MR) is 370 cm³/mol. The van der Waals surface area contributed by atoms with Crippen molar-refractivity contribution in [2.75, 3.05) is 91.4 Å². The summed E-state index contributed by atoms with van der Waals surface area (Å²) < 4.78 is 68.6. The molecule has 3 amide bonds. The maximum Gasteiger partial charge on any atom is 0.416 e. The van der Waals surface area contributed by atoms with E-state index in [1.165, 1.54) is 45.2 Å². The van der Waals surface area contributed by atoms with Crippen molar-refractivity contribution in [1.82, 2.24) is 44.9 Å². The Morgan fingerprint density at radius 3 is 1.53 bits per heavy atom. The van der Waals surface area contributed by atoms with E-state index in [0.717, 1.165) is 14.7 Å². The van der Waals surface area contributed by atoms with E-state index in [1.807, 2.05) is 24.3 Å². The second kappa shape index (κ2) is 53.1. The maximum atomic E-state index is 12.8. The normalized spacial score (nSPS) is 12.5. The van der Waals surface area contributed by atoms with Crippen LogP contribution in [0.3, 0.4) is 0 Å². The molecule has 0 fully saturated rings. The summed E-state index contributed by atoms with van der Waals surface area (Å²) in [7, 11) is 3.95. The molecule has 0 aliphatic carbocycles. The number of carbonyl (C=O) groups excluding carboxylic acids is 3. The molecule has 4 bridgehead atoms. The van der Waals surface area contributed by atoms with E-state index in [1.54, 1.807) is 69.3 Å². The van der Waals surface area contributed by atoms with Crippen molar-refractivity contribution < 1.29 is 235 Å². The van der Waals surface area contributed by atoms with Gasteiger partial charge in [0.2, 0.25) is 34.9 Å². The molecule has 2 aliphatic heterocycles. The molecule has 542 valence electrons. The summed E-state index contributed by atoms with van der Waals surface area (Å²) in [5.41, 5.74) is 16.5. The number of hydrogen-bond acceptors (Lipinski definition) is 32. The summed E-state index contributed by atoms with van der Waals surface area (Å²) in [5, 5.41) is 35.0. The van der Waals surface area contributed by atoms with Crippen LogP contribution in [0.25, 0.3) is 0 Å². The number of rotatable bonds is 16. The van der Waals surface area contributed by atoms with Gasteiger partial charge in [0.05, 0.1) is 74.0 Å². The van der Waals surface area contributed by atoms with Gasteiger partial charge in [-0.3, -0.25) is 45.3 Å². The number of nitro groups is 3. The van der Waals surface area contributed by atoms with Crippen molar-refractivity contribution in [2.24, 2.45) is 0 Å². The number of nitrogens with zero attached hydrogens (tertiary/aromatic N) is 15. The number of nitrogen functional groups attached to an aromatic ring is 3. The molecule has 8 rings (SSSR count). The Bertz CT molecular complexity index is 3850. The SMILES string of the molecule is C=CCCOc1nc(N)c([N+](=O)[O-])c(N(Cc2ncccc2OCC=C)C(=O)OCC)n1.CCOC(=O)N1Cc2ncccc2OC/C=C/CCOc2nc(N)c([N+](=O)[O-])c1n2.CCOC(=O)N1Cc2ncccc2OC/C=C\CCOc2nc(N)c([N+](=O)[O-])c1n2.S=S=S=S=S.[3HH].[3H][3H].[3H][3H].[U].[U].[U].[U].[U]. The molecule has 36 nitrogen and oxygen atoms in total. The molecule has 0 aromatic carbocycles. The molecule has 2 aliphatic rings. The molecular weight excluding hydrogens is 2560 g/mol. The number of fused-ring (bicyclic) bond motifs is 6. The van der Waals surface area contributed by atoms with Crippen LogP contribution in [-0.2, 0) is 82.9 Å². The summed E-state index contributed by atoms with van der Waals surface area (Å²) in [5.74, 6) is -1.26. The van der Waals surface area contributed by atoms with Crippen molar-refractivity contribution in [3.05, 3.63) is 152 Å². The zero-order valence-electron chi connectivity index (χ0n) is 58.5. The molecule has 46 heteroatoms. The Kier molecular flexibility index (Phi) is 48.0. The Labute approximate surface area is 728 Å². The molecule has 102 heavy (non-hydrogen) atoms.